The molecule has 3 aromatic rings. The highest BCUT2D eigenvalue weighted by Crippen LogP contribution is 2.46. The predicted molar refractivity (Wildman–Crippen MR) is 120 cm³/mol. The van der Waals surface area contributed by atoms with Gasteiger partial charge in [-0.3, -0.25) is 4.79 Å². The van der Waals surface area contributed by atoms with Crippen LogP contribution in [0.2, 0.25) is 0 Å². The van der Waals surface area contributed by atoms with Crippen LogP contribution >= 0.6 is 0 Å². The molecule has 2 aliphatic rings. The zero-order valence-electron chi connectivity index (χ0n) is 18.2. The van der Waals surface area contributed by atoms with Crippen molar-refractivity contribution in [1.82, 2.24) is 14.8 Å². The second kappa shape index (κ2) is 7.34. The van der Waals surface area contributed by atoms with Crippen molar-refractivity contribution in [3.05, 3.63) is 70.9 Å². The number of benzene rings is 2. The number of ketones is 1. The van der Waals surface area contributed by atoms with E-state index in [9.17, 15) is 10.1 Å². The molecule has 0 saturated carbocycles. The number of hydrogen-bond donors (Lipinski definition) is 1. The number of aromatic nitrogens is 3. The Kier molecular flexibility index (Phi) is 4.59. The standard InChI is InChI=1S/C25H23N5O2/c1-25(2)12-18-21(19(31)13-25)22(16-10-8-15(14-26)9-11-16)30-24(27-18)28-23(29-30)17-6-4-5-7-20(17)32-3/h4-11,22H,12-13H2,1-3H3,(H,27,28,29). The van der Waals surface area contributed by atoms with Gasteiger partial charge < -0.3 is 10.1 Å². The fourth-order valence-corrected chi connectivity index (χ4v) is 4.60. The summed E-state index contributed by atoms with van der Waals surface area (Å²) >= 11 is 0. The van der Waals surface area contributed by atoms with Gasteiger partial charge in [-0.1, -0.05) is 38.1 Å². The van der Waals surface area contributed by atoms with E-state index in [1.807, 2.05) is 36.4 Å². The van der Waals surface area contributed by atoms with Crippen LogP contribution in [0.15, 0.2) is 59.8 Å². The molecule has 2 heterocycles. The summed E-state index contributed by atoms with van der Waals surface area (Å²) in [5.41, 5.74) is 3.73. The van der Waals surface area contributed by atoms with Crippen LogP contribution in [0.4, 0.5) is 5.95 Å². The highest BCUT2D eigenvalue weighted by atomic mass is 16.5. The van der Waals surface area contributed by atoms with Gasteiger partial charge in [-0.05, 0) is 41.7 Å². The molecule has 160 valence electrons. The van der Waals surface area contributed by atoms with E-state index >= 15 is 0 Å². The van der Waals surface area contributed by atoms with Gasteiger partial charge in [0.05, 0.1) is 24.3 Å². The first kappa shape index (κ1) is 20.0. The summed E-state index contributed by atoms with van der Waals surface area (Å²) in [6, 6.07) is 16.7. The van der Waals surface area contributed by atoms with Gasteiger partial charge in [-0.2, -0.15) is 10.2 Å². The fourth-order valence-electron chi connectivity index (χ4n) is 4.60. The molecule has 0 radical (unpaired) electrons. The van der Waals surface area contributed by atoms with Crippen molar-refractivity contribution in [3.8, 4) is 23.2 Å². The first-order chi connectivity index (χ1) is 15.4. The van der Waals surface area contributed by atoms with Crippen LogP contribution in [0.3, 0.4) is 0 Å². The summed E-state index contributed by atoms with van der Waals surface area (Å²) in [6.07, 6.45) is 1.22. The Morgan fingerprint density at radius 2 is 1.91 bits per heavy atom. The van der Waals surface area contributed by atoms with E-state index in [0.717, 1.165) is 28.8 Å². The largest absolute Gasteiger partial charge is 0.496 e. The summed E-state index contributed by atoms with van der Waals surface area (Å²) in [4.78, 5) is 18.1. The highest BCUT2D eigenvalue weighted by molar-refractivity contribution is 6.00. The monoisotopic (exact) mass is 425 g/mol. The number of ether oxygens (including phenoxy) is 1. The van der Waals surface area contributed by atoms with E-state index in [1.165, 1.54) is 0 Å². The zero-order chi connectivity index (χ0) is 22.5. The number of methoxy groups -OCH3 is 1. The molecule has 1 aliphatic carbocycles. The van der Waals surface area contributed by atoms with Gasteiger partial charge in [-0.25, -0.2) is 4.68 Å². The number of para-hydroxylation sites is 1. The second-order valence-corrected chi connectivity index (χ2v) is 9.00. The number of hydrogen-bond acceptors (Lipinski definition) is 6. The lowest BCUT2D eigenvalue weighted by atomic mass is 9.73. The third-order valence-electron chi connectivity index (χ3n) is 6.04. The third kappa shape index (κ3) is 3.25. The lowest BCUT2D eigenvalue weighted by Crippen LogP contribution is -2.36. The molecule has 2 aromatic carbocycles. The van der Waals surface area contributed by atoms with E-state index in [4.69, 9.17) is 14.8 Å². The topological polar surface area (TPSA) is 92.8 Å². The molecule has 5 rings (SSSR count). The van der Waals surface area contributed by atoms with Gasteiger partial charge in [0.15, 0.2) is 11.6 Å². The second-order valence-electron chi connectivity index (χ2n) is 9.00. The molecule has 32 heavy (non-hydrogen) atoms. The lowest BCUT2D eigenvalue weighted by Gasteiger charge is -2.38. The Morgan fingerprint density at radius 3 is 2.62 bits per heavy atom. The van der Waals surface area contributed by atoms with Gasteiger partial charge in [0, 0.05) is 17.7 Å². The Bertz CT molecular complexity index is 1290. The first-order valence-corrected chi connectivity index (χ1v) is 10.5. The van der Waals surface area contributed by atoms with Crippen molar-refractivity contribution >= 4 is 11.7 Å². The van der Waals surface area contributed by atoms with Crippen LogP contribution in [-0.2, 0) is 4.79 Å². The number of fused-ring (bicyclic) bond motifs is 1. The number of nitrogens with one attached hydrogen (secondary N) is 1. The molecule has 0 bridgehead atoms. The van der Waals surface area contributed by atoms with Gasteiger partial charge in [0.2, 0.25) is 5.95 Å². The third-order valence-corrected chi connectivity index (χ3v) is 6.04. The van der Waals surface area contributed by atoms with Crippen LogP contribution in [0, 0.1) is 16.7 Å². The maximum absolute atomic E-state index is 13.3. The molecular weight excluding hydrogens is 402 g/mol. The van der Waals surface area contributed by atoms with E-state index in [1.54, 1.807) is 23.9 Å². The van der Waals surface area contributed by atoms with Crippen LogP contribution in [0.5, 0.6) is 5.75 Å². The Labute approximate surface area is 186 Å². The van der Waals surface area contributed by atoms with Crippen molar-refractivity contribution in [3.63, 3.8) is 0 Å². The predicted octanol–water partition coefficient (Wildman–Crippen LogP) is 4.48. The summed E-state index contributed by atoms with van der Waals surface area (Å²) in [5.74, 6) is 1.90. The van der Waals surface area contributed by atoms with Crippen LogP contribution < -0.4 is 10.1 Å². The summed E-state index contributed by atoms with van der Waals surface area (Å²) in [5, 5.41) is 17.4. The first-order valence-electron chi connectivity index (χ1n) is 10.5. The van der Waals surface area contributed by atoms with E-state index in [0.29, 0.717) is 29.5 Å². The number of rotatable bonds is 3. The van der Waals surface area contributed by atoms with E-state index in [-0.39, 0.29) is 11.2 Å². The Morgan fingerprint density at radius 1 is 1.16 bits per heavy atom. The Hall–Kier alpha value is -3.92. The number of Topliss-reactive ketones (excluding diaryl/α,β-unsaturated/α-hetero) is 1. The molecule has 7 heteroatoms. The number of nitrogens with zero attached hydrogens (tertiary/aromatic N) is 4. The molecule has 0 spiro atoms. The Balaban J connectivity index is 1.69. The quantitative estimate of drug-likeness (QED) is 0.665. The number of carbonyl (C=O) groups is 1. The highest BCUT2D eigenvalue weighted by Gasteiger charge is 2.42. The molecule has 0 saturated heterocycles. The molecular formula is C25H23N5O2. The zero-order valence-corrected chi connectivity index (χ0v) is 18.2. The SMILES string of the molecule is COc1ccccc1-c1nc2n(n1)C(c1ccc(C#N)cc1)C1=C(CC(C)(C)CC1=O)N2. The molecule has 1 atom stereocenters. The van der Waals surface area contributed by atoms with E-state index in [2.05, 4.69) is 25.2 Å². The van der Waals surface area contributed by atoms with Crippen molar-refractivity contribution in [1.29, 1.82) is 5.26 Å². The smallest absolute Gasteiger partial charge is 0.226 e. The molecule has 1 aliphatic heterocycles. The molecule has 7 nitrogen and oxygen atoms in total. The van der Waals surface area contributed by atoms with Gasteiger partial charge in [-0.15, -0.1) is 5.10 Å². The van der Waals surface area contributed by atoms with Gasteiger partial charge in [0.25, 0.3) is 0 Å². The minimum absolute atomic E-state index is 0.109. The number of nitriles is 1. The molecule has 1 N–H and O–H groups in total. The number of allylic oxidation sites excluding steroid dienone is 2. The van der Waals surface area contributed by atoms with E-state index < -0.39 is 6.04 Å². The minimum atomic E-state index is -0.409. The summed E-state index contributed by atoms with van der Waals surface area (Å²) in [6.45, 7) is 4.21. The minimum Gasteiger partial charge on any atom is -0.496 e. The molecule has 1 aromatic heterocycles. The lowest BCUT2D eigenvalue weighted by molar-refractivity contribution is -0.118. The van der Waals surface area contributed by atoms with Crippen LogP contribution in [0.25, 0.3) is 11.4 Å². The average Bonchev–Trinajstić information content (AvgIpc) is 3.20. The normalized spacial score (nSPS) is 18.9. The molecule has 0 fully saturated rings. The molecule has 1 unspecified atom stereocenters. The summed E-state index contributed by atoms with van der Waals surface area (Å²) < 4.78 is 7.28. The number of carbonyl (C=O) groups excluding carboxylic acids is 1. The maximum atomic E-state index is 13.3. The fraction of sp³-hybridized carbons (Fsp3) is 0.280. The number of anilines is 1. The van der Waals surface area contributed by atoms with Crippen molar-refractivity contribution in [2.75, 3.05) is 12.4 Å². The van der Waals surface area contributed by atoms with Crippen molar-refractivity contribution in [2.45, 2.75) is 32.7 Å². The van der Waals surface area contributed by atoms with Crippen molar-refractivity contribution in [2.24, 2.45) is 5.41 Å². The van der Waals surface area contributed by atoms with Crippen LogP contribution in [0.1, 0.15) is 43.9 Å². The maximum Gasteiger partial charge on any atom is 0.226 e. The van der Waals surface area contributed by atoms with Crippen molar-refractivity contribution < 1.29 is 9.53 Å². The molecule has 0 amide bonds. The van der Waals surface area contributed by atoms with Gasteiger partial charge in [0.1, 0.15) is 11.8 Å². The summed E-state index contributed by atoms with van der Waals surface area (Å²) in [7, 11) is 1.62. The van der Waals surface area contributed by atoms with Crippen LogP contribution in [-0.4, -0.2) is 27.7 Å². The average molecular weight is 425 g/mol. The van der Waals surface area contributed by atoms with Gasteiger partial charge >= 0.3 is 0 Å².